The number of hydrogen-bond donors (Lipinski definition) is 0. The second-order valence-corrected chi connectivity index (χ2v) is 4.92. The van der Waals surface area contributed by atoms with Crippen LogP contribution in [0.3, 0.4) is 0 Å². The normalized spacial score (nSPS) is 10.8. The third-order valence-corrected chi connectivity index (χ3v) is 3.70. The predicted molar refractivity (Wildman–Crippen MR) is 81.1 cm³/mol. The van der Waals surface area contributed by atoms with Crippen LogP contribution >= 0.6 is 0 Å². The average Bonchev–Trinajstić information content (AvgIpc) is 2.71. The number of benzene rings is 2. The van der Waals surface area contributed by atoms with Crippen LogP contribution in [0.25, 0.3) is 16.8 Å². The summed E-state index contributed by atoms with van der Waals surface area (Å²) < 4.78 is 17.1. The van der Waals surface area contributed by atoms with E-state index in [-0.39, 0.29) is 11.2 Å². The lowest BCUT2D eigenvalue weighted by Gasteiger charge is -2.08. The molecule has 0 aliphatic heterocycles. The third-order valence-electron chi connectivity index (χ3n) is 3.70. The van der Waals surface area contributed by atoms with Crippen LogP contribution in [0.2, 0.25) is 0 Å². The highest BCUT2D eigenvalue weighted by Gasteiger charge is 2.18. The highest BCUT2D eigenvalue weighted by atomic mass is 19.1. The van der Waals surface area contributed by atoms with Gasteiger partial charge in [-0.15, -0.1) is 0 Å². The lowest BCUT2D eigenvalue weighted by Crippen LogP contribution is -2.21. The Balaban J connectivity index is 2.31. The van der Waals surface area contributed by atoms with E-state index in [1.54, 1.807) is 29.9 Å². The summed E-state index contributed by atoms with van der Waals surface area (Å²) in [7, 11) is 1.76. The van der Waals surface area contributed by atoms with Crippen molar-refractivity contribution in [1.29, 1.82) is 0 Å². The van der Waals surface area contributed by atoms with Crippen LogP contribution < -0.4 is 5.56 Å². The Labute approximate surface area is 121 Å². The molecule has 0 aliphatic rings. The second kappa shape index (κ2) is 5.05. The number of hydrogen-bond acceptors (Lipinski definition) is 1. The van der Waals surface area contributed by atoms with Gasteiger partial charge in [-0.05, 0) is 24.6 Å². The molecule has 0 saturated heterocycles. The molecule has 0 spiro atoms. The van der Waals surface area contributed by atoms with Gasteiger partial charge in [-0.1, -0.05) is 42.5 Å². The van der Waals surface area contributed by atoms with E-state index in [9.17, 15) is 9.18 Å². The largest absolute Gasteiger partial charge is 0.285 e. The summed E-state index contributed by atoms with van der Waals surface area (Å²) in [6.45, 7) is 1.86. The standard InChI is InChI=1S/C17H15FN2O/c1-12-16(13-8-4-3-5-9-13)17(21)20(19(12)2)15-11-7-6-10-14(15)18/h3-11H,1-2H3. The van der Waals surface area contributed by atoms with Gasteiger partial charge < -0.3 is 0 Å². The summed E-state index contributed by atoms with van der Waals surface area (Å²) in [6, 6.07) is 15.7. The van der Waals surface area contributed by atoms with Crippen molar-refractivity contribution in [3.63, 3.8) is 0 Å². The molecular formula is C17H15FN2O. The van der Waals surface area contributed by atoms with Gasteiger partial charge in [0.2, 0.25) is 0 Å². The van der Waals surface area contributed by atoms with Gasteiger partial charge in [0.05, 0.1) is 5.56 Å². The molecular weight excluding hydrogens is 267 g/mol. The van der Waals surface area contributed by atoms with E-state index in [0.29, 0.717) is 5.56 Å². The van der Waals surface area contributed by atoms with E-state index < -0.39 is 5.82 Å². The molecule has 4 heteroatoms. The quantitative estimate of drug-likeness (QED) is 0.708. The van der Waals surface area contributed by atoms with E-state index in [2.05, 4.69) is 0 Å². The second-order valence-electron chi connectivity index (χ2n) is 4.92. The topological polar surface area (TPSA) is 26.9 Å². The van der Waals surface area contributed by atoms with Crippen molar-refractivity contribution >= 4 is 0 Å². The first kappa shape index (κ1) is 13.4. The molecule has 0 saturated carbocycles. The fraction of sp³-hybridized carbons (Fsp3) is 0.118. The molecule has 0 N–H and O–H groups in total. The van der Waals surface area contributed by atoms with Crippen LogP contribution in [0.15, 0.2) is 59.4 Å². The van der Waals surface area contributed by atoms with Crippen molar-refractivity contribution in [2.24, 2.45) is 7.05 Å². The van der Waals surface area contributed by atoms with Gasteiger partial charge >= 0.3 is 0 Å². The summed E-state index contributed by atoms with van der Waals surface area (Å²) in [5.41, 5.74) is 2.28. The SMILES string of the molecule is Cc1c(-c2ccccc2)c(=O)n(-c2ccccc2F)n1C. The van der Waals surface area contributed by atoms with Crippen LogP contribution in [0.4, 0.5) is 4.39 Å². The summed E-state index contributed by atoms with van der Waals surface area (Å²) >= 11 is 0. The minimum Gasteiger partial charge on any atom is -0.285 e. The van der Waals surface area contributed by atoms with E-state index >= 15 is 0 Å². The minimum absolute atomic E-state index is 0.216. The van der Waals surface area contributed by atoms with Crippen LogP contribution in [-0.2, 0) is 7.05 Å². The molecule has 3 nitrogen and oxygen atoms in total. The van der Waals surface area contributed by atoms with Gasteiger partial charge in [-0.3, -0.25) is 9.48 Å². The van der Waals surface area contributed by atoms with Gasteiger partial charge in [0.1, 0.15) is 11.5 Å². The molecule has 0 amide bonds. The molecule has 1 aromatic heterocycles. The number of rotatable bonds is 2. The molecule has 106 valence electrons. The Morgan fingerprint density at radius 1 is 0.952 bits per heavy atom. The molecule has 0 unspecified atom stereocenters. The lowest BCUT2D eigenvalue weighted by molar-refractivity contribution is 0.570. The molecule has 0 radical (unpaired) electrons. The van der Waals surface area contributed by atoms with Crippen molar-refractivity contribution in [2.75, 3.05) is 0 Å². The molecule has 2 aromatic carbocycles. The Morgan fingerprint density at radius 2 is 1.57 bits per heavy atom. The summed E-state index contributed by atoms with van der Waals surface area (Å²) in [4.78, 5) is 12.7. The summed E-state index contributed by atoms with van der Waals surface area (Å²) in [6.07, 6.45) is 0. The first-order valence-electron chi connectivity index (χ1n) is 6.70. The fourth-order valence-electron chi connectivity index (χ4n) is 2.54. The van der Waals surface area contributed by atoms with E-state index in [1.807, 2.05) is 37.3 Å². The summed E-state index contributed by atoms with van der Waals surface area (Å²) in [5, 5.41) is 0. The Hall–Kier alpha value is -2.62. The maximum atomic E-state index is 14.0. The molecule has 0 atom stereocenters. The minimum atomic E-state index is -0.417. The van der Waals surface area contributed by atoms with E-state index in [1.165, 1.54) is 10.7 Å². The fourth-order valence-corrected chi connectivity index (χ4v) is 2.54. The summed E-state index contributed by atoms with van der Waals surface area (Å²) in [5.74, 6) is -0.417. The molecule has 0 bridgehead atoms. The monoisotopic (exact) mass is 282 g/mol. The Bertz CT molecular complexity index is 847. The van der Waals surface area contributed by atoms with E-state index in [4.69, 9.17) is 0 Å². The van der Waals surface area contributed by atoms with Gasteiger partial charge in [-0.2, -0.15) is 0 Å². The maximum absolute atomic E-state index is 14.0. The van der Waals surface area contributed by atoms with Crippen molar-refractivity contribution < 1.29 is 4.39 Å². The number of aromatic nitrogens is 2. The zero-order valence-electron chi connectivity index (χ0n) is 11.9. The number of halogens is 1. The molecule has 3 rings (SSSR count). The highest BCUT2D eigenvalue weighted by Crippen LogP contribution is 2.21. The molecule has 3 aromatic rings. The van der Waals surface area contributed by atoms with Crippen LogP contribution in [0, 0.1) is 12.7 Å². The number of para-hydroxylation sites is 1. The lowest BCUT2D eigenvalue weighted by atomic mass is 10.1. The smallest absolute Gasteiger partial charge is 0.279 e. The van der Waals surface area contributed by atoms with Crippen molar-refractivity contribution in [3.05, 3.63) is 76.5 Å². The number of nitrogens with zero attached hydrogens (tertiary/aromatic N) is 2. The molecule has 1 heterocycles. The van der Waals surface area contributed by atoms with E-state index in [0.717, 1.165) is 11.3 Å². The maximum Gasteiger partial charge on any atom is 0.279 e. The van der Waals surface area contributed by atoms with Gasteiger partial charge in [0.25, 0.3) is 5.56 Å². The van der Waals surface area contributed by atoms with Gasteiger partial charge in [0, 0.05) is 12.7 Å². The third kappa shape index (κ3) is 2.09. The molecule has 0 aliphatic carbocycles. The average molecular weight is 282 g/mol. The van der Waals surface area contributed by atoms with Crippen LogP contribution in [0.1, 0.15) is 5.69 Å². The highest BCUT2D eigenvalue weighted by molar-refractivity contribution is 5.65. The molecule has 0 fully saturated rings. The molecule has 21 heavy (non-hydrogen) atoms. The predicted octanol–water partition coefficient (Wildman–Crippen LogP) is 3.29. The van der Waals surface area contributed by atoms with Crippen molar-refractivity contribution in [3.8, 4) is 16.8 Å². The zero-order chi connectivity index (χ0) is 15.0. The Kier molecular flexibility index (Phi) is 3.22. The Morgan fingerprint density at radius 3 is 2.24 bits per heavy atom. The van der Waals surface area contributed by atoms with Crippen molar-refractivity contribution in [1.82, 2.24) is 9.36 Å². The van der Waals surface area contributed by atoms with Crippen LogP contribution in [-0.4, -0.2) is 9.36 Å². The van der Waals surface area contributed by atoms with Gasteiger partial charge in [0.15, 0.2) is 0 Å². The zero-order valence-corrected chi connectivity index (χ0v) is 11.9. The van der Waals surface area contributed by atoms with Gasteiger partial charge in [-0.25, -0.2) is 9.07 Å². The first-order valence-corrected chi connectivity index (χ1v) is 6.70. The van der Waals surface area contributed by atoms with Crippen molar-refractivity contribution in [2.45, 2.75) is 6.92 Å². The first-order chi connectivity index (χ1) is 10.1. The van der Waals surface area contributed by atoms with Crippen LogP contribution in [0.5, 0.6) is 0 Å².